The molecule has 1 aliphatic rings. The number of anilines is 1. The van der Waals surface area contributed by atoms with Crippen LogP contribution in [0.3, 0.4) is 0 Å². The molecule has 2 rings (SSSR count). The fourth-order valence-electron chi connectivity index (χ4n) is 2.06. The first-order valence-electron chi connectivity index (χ1n) is 6.48. The third-order valence-electron chi connectivity index (χ3n) is 3.17. The molecule has 0 saturated carbocycles. The molecule has 0 radical (unpaired) electrons. The van der Waals surface area contributed by atoms with Crippen LogP contribution in [0.4, 0.5) is 5.69 Å². The molecule has 104 valence electrons. The summed E-state index contributed by atoms with van der Waals surface area (Å²) in [6, 6.07) is 7.30. The van der Waals surface area contributed by atoms with E-state index in [0.717, 1.165) is 11.4 Å². The Kier molecular flexibility index (Phi) is 4.63. The second kappa shape index (κ2) is 6.43. The highest BCUT2D eigenvalue weighted by molar-refractivity contribution is 5.84. The summed E-state index contributed by atoms with van der Waals surface area (Å²) in [5.74, 6) is 0.914. The third-order valence-corrected chi connectivity index (χ3v) is 3.17. The van der Waals surface area contributed by atoms with Gasteiger partial charge in [0.25, 0.3) is 0 Å². The van der Waals surface area contributed by atoms with Crippen molar-refractivity contribution in [3.05, 3.63) is 24.3 Å². The first-order valence-corrected chi connectivity index (χ1v) is 6.48. The number of hydrogen-bond acceptors (Lipinski definition) is 4. The zero-order chi connectivity index (χ0) is 13.7. The predicted molar refractivity (Wildman–Crippen MR) is 73.5 cm³/mol. The number of carbonyl (C=O) groups excluding carboxylic acids is 1. The van der Waals surface area contributed by atoms with Crippen LogP contribution in [-0.2, 0) is 9.53 Å². The molecular weight excluding hydrogens is 244 g/mol. The lowest BCUT2D eigenvalue weighted by atomic mass is 10.2. The molecule has 1 saturated heterocycles. The Morgan fingerprint density at radius 1 is 1.32 bits per heavy atom. The second-order valence-corrected chi connectivity index (χ2v) is 4.53. The molecule has 1 aromatic carbocycles. The van der Waals surface area contributed by atoms with Gasteiger partial charge in [-0.15, -0.1) is 0 Å². The van der Waals surface area contributed by atoms with E-state index in [9.17, 15) is 4.79 Å². The normalized spacial score (nSPS) is 16.8. The number of morpholine rings is 1. The van der Waals surface area contributed by atoms with E-state index in [2.05, 4.69) is 5.32 Å². The largest absolute Gasteiger partial charge is 0.497 e. The van der Waals surface area contributed by atoms with E-state index in [4.69, 9.17) is 9.47 Å². The lowest BCUT2D eigenvalue weighted by Gasteiger charge is -2.29. The van der Waals surface area contributed by atoms with Gasteiger partial charge in [0.15, 0.2) is 0 Å². The molecule has 1 aromatic rings. The van der Waals surface area contributed by atoms with Crippen molar-refractivity contribution < 1.29 is 14.3 Å². The molecule has 5 nitrogen and oxygen atoms in total. The predicted octanol–water partition coefficient (Wildman–Crippen LogP) is 1.35. The van der Waals surface area contributed by atoms with Crippen molar-refractivity contribution in [3.8, 4) is 5.75 Å². The number of carbonyl (C=O) groups is 1. The molecule has 1 aliphatic heterocycles. The molecule has 1 amide bonds. The zero-order valence-electron chi connectivity index (χ0n) is 11.4. The van der Waals surface area contributed by atoms with Gasteiger partial charge in [-0.2, -0.15) is 0 Å². The van der Waals surface area contributed by atoms with E-state index in [-0.39, 0.29) is 11.9 Å². The van der Waals surface area contributed by atoms with Crippen LogP contribution in [0.2, 0.25) is 0 Å². The molecule has 0 aromatic heterocycles. The maximum atomic E-state index is 12.2. The van der Waals surface area contributed by atoms with E-state index < -0.39 is 0 Å². The van der Waals surface area contributed by atoms with Crippen LogP contribution in [-0.4, -0.2) is 50.3 Å². The van der Waals surface area contributed by atoms with Gasteiger partial charge in [0.1, 0.15) is 11.8 Å². The zero-order valence-corrected chi connectivity index (χ0v) is 11.4. The standard InChI is InChI=1S/C14H20N2O3/c1-11(14(17)16-7-9-19-10-8-16)15-12-3-5-13(18-2)6-4-12/h3-6,11,15H,7-10H2,1-2H3. The average molecular weight is 264 g/mol. The first-order chi connectivity index (χ1) is 9.20. The number of nitrogens with zero attached hydrogens (tertiary/aromatic N) is 1. The maximum absolute atomic E-state index is 12.2. The molecule has 1 N–H and O–H groups in total. The van der Waals surface area contributed by atoms with Crippen molar-refractivity contribution in [1.29, 1.82) is 0 Å². The van der Waals surface area contributed by atoms with Crippen molar-refractivity contribution in [1.82, 2.24) is 4.90 Å². The van der Waals surface area contributed by atoms with Gasteiger partial charge >= 0.3 is 0 Å². The van der Waals surface area contributed by atoms with Crippen LogP contribution in [0.1, 0.15) is 6.92 Å². The smallest absolute Gasteiger partial charge is 0.244 e. The highest BCUT2D eigenvalue weighted by Gasteiger charge is 2.22. The summed E-state index contributed by atoms with van der Waals surface area (Å²) in [5, 5.41) is 3.20. The topological polar surface area (TPSA) is 50.8 Å². The third kappa shape index (κ3) is 3.61. The van der Waals surface area contributed by atoms with E-state index >= 15 is 0 Å². The van der Waals surface area contributed by atoms with E-state index in [0.29, 0.717) is 26.3 Å². The molecule has 0 bridgehead atoms. The van der Waals surface area contributed by atoms with E-state index in [1.165, 1.54) is 0 Å². The number of benzene rings is 1. The maximum Gasteiger partial charge on any atom is 0.244 e. The SMILES string of the molecule is COc1ccc(NC(C)C(=O)N2CCOCC2)cc1. The Balaban J connectivity index is 1.91. The van der Waals surface area contributed by atoms with Gasteiger partial charge < -0.3 is 19.7 Å². The van der Waals surface area contributed by atoms with Gasteiger partial charge in [0.05, 0.1) is 20.3 Å². The molecule has 1 atom stereocenters. The quantitative estimate of drug-likeness (QED) is 0.892. The number of methoxy groups -OCH3 is 1. The van der Waals surface area contributed by atoms with E-state index in [1.807, 2.05) is 36.1 Å². The molecule has 1 heterocycles. The van der Waals surface area contributed by atoms with Crippen LogP contribution in [0.5, 0.6) is 5.75 Å². The fraction of sp³-hybridized carbons (Fsp3) is 0.500. The van der Waals surface area contributed by atoms with E-state index in [1.54, 1.807) is 7.11 Å². The summed E-state index contributed by atoms with van der Waals surface area (Å²) in [7, 11) is 1.63. The van der Waals surface area contributed by atoms with Crippen molar-refractivity contribution in [2.24, 2.45) is 0 Å². The summed E-state index contributed by atoms with van der Waals surface area (Å²) in [6.45, 7) is 4.48. The van der Waals surface area contributed by atoms with Crippen LogP contribution >= 0.6 is 0 Å². The van der Waals surface area contributed by atoms with Gasteiger partial charge in [0, 0.05) is 18.8 Å². The number of hydrogen-bond donors (Lipinski definition) is 1. The fourth-order valence-corrected chi connectivity index (χ4v) is 2.06. The summed E-state index contributed by atoms with van der Waals surface area (Å²) in [4.78, 5) is 14.0. The number of amides is 1. The Labute approximate surface area is 113 Å². The Bertz CT molecular complexity index is 413. The summed E-state index contributed by atoms with van der Waals surface area (Å²) >= 11 is 0. The van der Waals surface area contributed by atoms with Crippen molar-refractivity contribution in [2.45, 2.75) is 13.0 Å². The second-order valence-electron chi connectivity index (χ2n) is 4.53. The van der Waals surface area contributed by atoms with Crippen LogP contribution < -0.4 is 10.1 Å². The van der Waals surface area contributed by atoms with Gasteiger partial charge in [0.2, 0.25) is 5.91 Å². The van der Waals surface area contributed by atoms with Gasteiger partial charge in [-0.25, -0.2) is 0 Å². The van der Waals surface area contributed by atoms with Gasteiger partial charge in [-0.05, 0) is 31.2 Å². The number of rotatable bonds is 4. The minimum absolute atomic E-state index is 0.110. The lowest BCUT2D eigenvalue weighted by Crippen LogP contribution is -2.46. The molecule has 1 unspecified atom stereocenters. The molecule has 0 aliphatic carbocycles. The first kappa shape index (κ1) is 13.7. The summed E-state index contributed by atoms with van der Waals surface area (Å²) < 4.78 is 10.3. The Morgan fingerprint density at radius 2 is 1.95 bits per heavy atom. The highest BCUT2D eigenvalue weighted by atomic mass is 16.5. The Morgan fingerprint density at radius 3 is 2.53 bits per heavy atom. The minimum Gasteiger partial charge on any atom is -0.497 e. The molecule has 5 heteroatoms. The highest BCUT2D eigenvalue weighted by Crippen LogP contribution is 2.16. The minimum atomic E-state index is -0.244. The Hall–Kier alpha value is -1.75. The summed E-state index contributed by atoms with van der Waals surface area (Å²) in [5.41, 5.74) is 0.912. The molecule has 1 fully saturated rings. The van der Waals surface area contributed by atoms with Gasteiger partial charge in [-0.1, -0.05) is 0 Å². The monoisotopic (exact) mass is 264 g/mol. The molecule has 0 spiro atoms. The van der Waals surface area contributed by atoms with Crippen molar-refractivity contribution >= 4 is 11.6 Å². The van der Waals surface area contributed by atoms with Crippen molar-refractivity contribution in [2.75, 3.05) is 38.7 Å². The number of nitrogens with one attached hydrogen (secondary N) is 1. The lowest BCUT2D eigenvalue weighted by molar-refractivity contribution is -0.135. The average Bonchev–Trinajstić information content (AvgIpc) is 2.48. The molecule has 19 heavy (non-hydrogen) atoms. The molecular formula is C14H20N2O3. The summed E-state index contributed by atoms with van der Waals surface area (Å²) in [6.07, 6.45) is 0. The van der Waals surface area contributed by atoms with Crippen LogP contribution in [0.25, 0.3) is 0 Å². The van der Waals surface area contributed by atoms with Crippen LogP contribution in [0.15, 0.2) is 24.3 Å². The van der Waals surface area contributed by atoms with Crippen LogP contribution in [0, 0.1) is 0 Å². The number of ether oxygens (including phenoxy) is 2. The van der Waals surface area contributed by atoms with Crippen molar-refractivity contribution in [3.63, 3.8) is 0 Å². The van der Waals surface area contributed by atoms with Gasteiger partial charge in [-0.3, -0.25) is 4.79 Å².